The van der Waals surface area contributed by atoms with Gasteiger partial charge < -0.3 is 5.32 Å². The molecule has 0 saturated carbocycles. The number of amides is 1. The fraction of sp³-hybridized carbons (Fsp3) is 0.321. The lowest BCUT2D eigenvalue weighted by atomic mass is 9.97. The van der Waals surface area contributed by atoms with Gasteiger partial charge in [0.2, 0.25) is 5.91 Å². The number of hydrogen-bond donors (Lipinski definition) is 1. The molecule has 2 aromatic carbocycles. The quantitative estimate of drug-likeness (QED) is 0.230. The van der Waals surface area contributed by atoms with Gasteiger partial charge in [-0.3, -0.25) is 14.2 Å². The Morgan fingerprint density at radius 1 is 1.14 bits per heavy atom. The zero-order valence-electron chi connectivity index (χ0n) is 20.4. The highest BCUT2D eigenvalue weighted by Crippen LogP contribution is 2.35. The summed E-state index contributed by atoms with van der Waals surface area (Å²) < 4.78 is 1.71. The third kappa shape index (κ3) is 5.24. The van der Waals surface area contributed by atoms with Gasteiger partial charge >= 0.3 is 0 Å². The second kappa shape index (κ2) is 10.8. The molecule has 0 bridgehead atoms. The first-order valence-electron chi connectivity index (χ1n) is 12.2. The third-order valence-corrected chi connectivity index (χ3v) is 8.91. The van der Waals surface area contributed by atoms with Gasteiger partial charge in [0.25, 0.3) is 5.56 Å². The van der Waals surface area contributed by atoms with Crippen LogP contribution in [-0.4, -0.2) is 27.8 Å². The maximum absolute atomic E-state index is 13.9. The number of halogens is 1. The van der Waals surface area contributed by atoms with E-state index in [0.29, 0.717) is 16.7 Å². The number of aromatic nitrogens is 2. The first kappa shape index (κ1) is 25.1. The minimum Gasteiger partial charge on any atom is -0.355 e. The van der Waals surface area contributed by atoms with Crippen molar-refractivity contribution in [1.82, 2.24) is 14.9 Å². The lowest BCUT2D eigenvalue weighted by Crippen LogP contribution is -2.28. The molecule has 5 nitrogen and oxygen atoms in total. The van der Waals surface area contributed by atoms with E-state index in [0.717, 1.165) is 64.7 Å². The van der Waals surface area contributed by atoms with Crippen LogP contribution in [0.5, 0.6) is 0 Å². The Morgan fingerprint density at radius 2 is 1.92 bits per heavy atom. The fourth-order valence-electron chi connectivity index (χ4n) is 4.73. The highest BCUT2D eigenvalue weighted by atomic mass is 35.5. The molecule has 0 unspecified atom stereocenters. The van der Waals surface area contributed by atoms with Crippen LogP contribution in [0, 0.1) is 13.8 Å². The molecule has 1 aliphatic rings. The molecule has 0 radical (unpaired) electrons. The summed E-state index contributed by atoms with van der Waals surface area (Å²) in [7, 11) is 0. The molecule has 0 aliphatic heterocycles. The summed E-state index contributed by atoms with van der Waals surface area (Å²) in [5, 5.41) is 5.00. The minimum absolute atomic E-state index is 0.0306. The van der Waals surface area contributed by atoms with Gasteiger partial charge in [-0.15, -0.1) is 11.3 Å². The Labute approximate surface area is 223 Å². The summed E-state index contributed by atoms with van der Waals surface area (Å²) in [6, 6.07) is 13.7. The van der Waals surface area contributed by atoms with Crippen LogP contribution in [0.4, 0.5) is 0 Å². The van der Waals surface area contributed by atoms with E-state index in [1.807, 2.05) is 50.2 Å². The molecule has 1 aliphatic carbocycles. The number of aryl methyl sites for hydroxylation is 4. The monoisotopic (exact) mass is 537 g/mol. The summed E-state index contributed by atoms with van der Waals surface area (Å²) in [6.07, 6.45) is 4.93. The standard InChI is InChI=1S/C28H28ClN3O2S2/c1-17-7-12-22(18(2)15-17)32-27(34)25-21-5-3-4-6-23(21)36-26(25)31-28(32)35-16-24(33)30-14-13-19-8-10-20(29)11-9-19/h7-12,15H,3-6,13-14,16H2,1-2H3,(H,30,33). The molecule has 4 aromatic rings. The summed E-state index contributed by atoms with van der Waals surface area (Å²) in [5.41, 5.74) is 5.23. The van der Waals surface area contributed by atoms with Crippen LogP contribution in [0.3, 0.4) is 0 Å². The minimum atomic E-state index is -0.0824. The van der Waals surface area contributed by atoms with E-state index in [1.165, 1.54) is 22.2 Å². The van der Waals surface area contributed by atoms with Crippen molar-refractivity contribution >= 4 is 50.8 Å². The van der Waals surface area contributed by atoms with Crippen LogP contribution in [-0.2, 0) is 24.1 Å². The van der Waals surface area contributed by atoms with E-state index in [-0.39, 0.29) is 17.2 Å². The van der Waals surface area contributed by atoms with Gasteiger partial charge in [-0.1, -0.05) is 53.2 Å². The fourth-order valence-corrected chi connectivity index (χ4v) is 6.99. The number of nitrogens with one attached hydrogen (secondary N) is 1. The summed E-state index contributed by atoms with van der Waals surface area (Å²) in [6.45, 7) is 4.59. The van der Waals surface area contributed by atoms with Crippen molar-refractivity contribution in [2.45, 2.75) is 51.1 Å². The number of carbonyl (C=O) groups excluding carboxylic acids is 1. The smallest absolute Gasteiger partial charge is 0.267 e. The van der Waals surface area contributed by atoms with Gasteiger partial charge in [-0.2, -0.15) is 0 Å². The summed E-state index contributed by atoms with van der Waals surface area (Å²) in [4.78, 5) is 33.6. The maximum Gasteiger partial charge on any atom is 0.267 e. The van der Waals surface area contributed by atoms with Crippen molar-refractivity contribution in [1.29, 1.82) is 0 Å². The lowest BCUT2D eigenvalue weighted by Gasteiger charge is -2.15. The Morgan fingerprint density at radius 3 is 2.69 bits per heavy atom. The number of carbonyl (C=O) groups is 1. The number of rotatable bonds is 7. The molecule has 186 valence electrons. The number of thiophene rings is 1. The molecular weight excluding hydrogens is 510 g/mol. The van der Waals surface area contributed by atoms with Crippen LogP contribution >= 0.6 is 34.7 Å². The van der Waals surface area contributed by atoms with Crippen molar-refractivity contribution in [3.63, 3.8) is 0 Å². The average molecular weight is 538 g/mol. The van der Waals surface area contributed by atoms with Crippen LogP contribution in [0.2, 0.25) is 5.02 Å². The van der Waals surface area contributed by atoms with Crippen molar-refractivity contribution in [2.75, 3.05) is 12.3 Å². The van der Waals surface area contributed by atoms with Crippen molar-refractivity contribution < 1.29 is 4.79 Å². The predicted molar refractivity (Wildman–Crippen MR) is 150 cm³/mol. The Balaban J connectivity index is 1.41. The number of nitrogens with zero attached hydrogens (tertiary/aromatic N) is 2. The molecule has 5 rings (SSSR count). The zero-order chi connectivity index (χ0) is 25.2. The van der Waals surface area contributed by atoms with Gasteiger partial charge in [0.15, 0.2) is 5.16 Å². The molecule has 0 spiro atoms. The molecule has 2 aromatic heterocycles. The Hall–Kier alpha value is -2.61. The number of fused-ring (bicyclic) bond motifs is 3. The third-order valence-electron chi connectivity index (χ3n) is 6.53. The highest BCUT2D eigenvalue weighted by Gasteiger charge is 2.23. The molecule has 0 atom stereocenters. The maximum atomic E-state index is 13.9. The second-order valence-corrected chi connectivity index (χ2v) is 11.7. The van der Waals surface area contributed by atoms with Crippen molar-refractivity contribution in [3.05, 3.63) is 85.0 Å². The SMILES string of the molecule is Cc1ccc(-n2c(SCC(=O)NCCc3ccc(Cl)cc3)nc3sc4c(c3c2=O)CCCC4)c(C)c1. The Kier molecular flexibility index (Phi) is 7.51. The second-order valence-electron chi connectivity index (χ2n) is 9.23. The molecule has 1 N–H and O–H groups in total. The van der Waals surface area contributed by atoms with Crippen LogP contribution in [0.15, 0.2) is 52.4 Å². The molecule has 8 heteroatoms. The van der Waals surface area contributed by atoms with Gasteiger partial charge in [-0.05, 0) is 80.8 Å². The van der Waals surface area contributed by atoms with E-state index in [9.17, 15) is 9.59 Å². The first-order chi connectivity index (χ1) is 17.4. The predicted octanol–water partition coefficient (Wildman–Crippen LogP) is 6.05. The topological polar surface area (TPSA) is 64.0 Å². The lowest BCUT2D eigenvalue weighted by molar-refractivity contribution is -0.118. The molecule has 1 amide bonds. The number of thioether (sulfide) groups is 1. The number of hydrogen-bond acceptors (Lipinski definition) is 5. The average Bonchev–Trinajstić information content (AvgIpc) is 3.23. The van der Waals surface area contributed by atoms with E-state index in [1.54, 1.807) is 15.9 Å². The van der Waals surface area contributed by atoms with E-state index in [2.05, 4.69) is 11.4 Å². The van der Waals surface area contributed by atoms with E-state index >= 15 is 0 Å². The van der Waals surface area contributed by atoms with Gasteiger partial charge in [-0.25, -0.2) is 4.98 Å². The van der Waals surface area contributed by atoms with Gasteiger partial charge in [0.05, 0.1) is 16.8 Å². The summed E-state index contributed by atoms with van der Waals surface area (Å²) >= 11 is 8.90. The molecule has 0 fully saturated rings. The molecule has 0 saturated heterocycles. The highest BCUT2D eigenvalue weighted by molar-refractivity contribution is 7.99. The van der Waals surface area contributed by atoms with Crippen LogP contribution in [0.25, 0.3) is 15.9 Å². The molecule has 36 heavy (non-hydrogen) atoms. The zero-order valence-corrected chi connectivity index (χ0v) is 22.8. The van der Waals surface area contributed by atoms with Gasteiger partial charge in [0.1, 0.15) is 4.83 Å². The first-order valence-corrected chi connectivity index (χ1v) is 14.4. The van der Waals surface area contributed by atoms with Gasteiger partial charge in [0, 0.05) is 16.4 Å². The summed E-state index contributed by atoms with van der Waals surface area (Å²) in [5.74, 6) is 0.107. The largest absolute Gasteiger partial charge is 0.355 e. The Bertz CT molecular complexity index is 1490. The van der Waals surface area contributed by atoms with Crippen molar-refractivity contribution in [3.8, 4) is 5.69 Å². The van der Waals surface area contributed by atoms with Crippen molar-refractivity contribution in [2.24, 2.45) is 0 Å². The van der Waals surface area contributed by atoms with E-state index < -0.39 is 0 Å². The number of benzene rings is 2. The van der Waals surface area contributed by atoms with Crippen LogP contribution < -0.4 is 10.9 Å². The van der Waals surface area contributed by atoms with Crippen LogP contribution in [0.1, 0.15) is 40.0 Å². The van der Waals surface area contributed by atoms with E-state index in [4.69, 9.17) is 16.6 Å². The molecule has 2 heterocycles. The normalized spacial score (nSPS) is 13.1. The molecular formula is C28H28ClN3O2S2.